The summed E-state index contributed by atoms with van der Waals surface area (Å²) in [5.41, 5.74) is 7.95. The number of rotatable bonds is 4. The third kappa shape index (κ3) is 2.19. The summed E-state index contributed by atoms with van der Waals surface area (Å²) in [6, 6.07) is 6.71. The van der Waals surface area contributed by atoms with Crippen LogP contribution in [0, 0.1) is 11.8 Å². The van der Waals surface area contributed by atoms with Gasteiger partial charge in [-0.25, -0.2) is 0 Å². The number of nitrogens with one attached hydrogen (secondary N) is 1. The lowest BCUT2D eigenvalue weighted by atomic mass is 10.1. The van der Waals surface area contributed by atoms with Gasteiger partial charge in [-0.3, -0.25) is 0 Å². The Labute approximate surface area is 105 Å². The molecule has 16 heavy (non-hydrogen) atoms. The van der Waals surface area contributed by atoms with E-state index in [1.165, 1.54) is 25.7 Å². The van der Waals surface area contributed by atoms with E-state index in [9.17, 15) is 0 Å². The predicted octanol–water partition coefficient (Wildman–Crippen LogP) is 3.63. The van der Waals surface area contributed by atoms with Crippen LogP contribution in [0.3, 0.4) is 0 Å². The lowest BCUT2D eigenvalue weighted by Crippen LogP contribution is -2.24. The highest BCUT2D eigenvalue weighted by atomic mass is 79.9. The van der Waals surface area contributed by atoms with Crippen molar-refractivity contribution in [1.29, 1.82) is 0 Å². The van der Waals surface area contributed by atoms with Crippen LogP contribution in [0.4, 0.5) is 11.4 Å². The smallest absolute Gasteiger partial charge is 0.0587 e. The molecule has 3 N–H and O–H groups in total. The van der Waals surface area contributed by atoms with E-state index in [4.69, 9.17) is 5.73 Å². The largest absolute Gasteiger partial charge is 0.397 e. The van der Waals surface area contributed by atoms with Crippen molar-refractivity contribution in [2.45, 2.75) is 31.7 Å². The van der Waals surface area contributed by atoms with Crippen molar-refractivity contribution in [2.75, 3.05) is 11.1 Å². The molecule has 1 aromatic rings. The topological polar surface area (TPSA) is 38.0 Å². The highest BCUT2D eigenvalue weighted by Gasteiger charge is 2.41. The fourth-order valence-electron chi connectivity index (χ4n) is 2.36. The Kier molecular flexibility index (Phi) is 2.58. The first-order chi connectivity index (χ1) is 7.74. The molecule has 0 bridgehead atoms. The lowest BCUT2D eigenvalue weighted by Gasteiger charge is -2.20. The Morgan fingerprint density at radius 1 is 1.19 bits per heavy atom. The molecular weight excluding hydrogens is 264 g/mol. The van der Waals surface area contributed by atoms with Crippen LogP contribution in [0.25, 0.3) is 0 Å². The van der Waals surface area contributed by atoms with Gasteiger partial charge < -0.3 is 11.1 Å². The van der Waals surface area contributed by atoms with Gasteiger partial charge in [0.15, 0.2) is 0 Å². The highest BCUT2D eigenvalue weighted by molar-refractivity contribution is 9.10. The molecule has 0 atom stereocenters. The van der Waals surface area contributed by atoms with Crippen LogP contribution in [0.15, 0.2) is 22.7 Å². The minimum Gasteiger partial charge on any atom is -0.397 e. The Morgan fingerprint density at radius 3 is 2.38 bits per heavy atom. The van der Waals surface area contributed by atoms with Gasteiger partial charge >= 0.3 is 0 Å². The molecule has 0 radical (unpaired) electrons. The first-order valence-electron chi connectivity index (χ1n) is 6.05. The van der Waals surface area contributed by atoms with Crippen LogP contribution in [-0.4, -0.2) is 6.04 Å². The molecule has 0 aliphatic heterocycles. The molecule has 2 nitrogen and oxygen atoms in total. The van der Waals surface area contributed by atoms with Gasteiger partial charge in [-0.15, -0.1) is 0 Å². The maximum absolute atomic E-state index is 6.00. The van der Waals surface area contributed by atoms with E-state index in [2.05, 4.69) is 27.3 Å². The molecular formula is C13H17BrN2. The van der Waals surface area contributed by atoms with Crippen LogP contribution in [-0.2, 0) is 0 Å². The first-order valence-corrected chi connectivity index (χ1v) is 6.85. The van der Waals surface area contributed by atoms with Gasteiger partial charge in [0, 0.05) is 10.5 Å². The van der Waals surface area contributed by atoms with E-state index in [1.807, 2.05) is 12.1 Å². The van der Waals surface area contributed by atoms with E-state index in [-0.39, 0.29) is 0 Å². The average molecular weight is 281 g/mol. The minimum atomic E-state index is 0.664. The van der Waals surface area contributed by atoms with Crippen LogP contribution >= 0.6 is 15.9 Å². The van der Waals surface area contributed by atoms with Gasteiger partial charge in [-0.1, -0.05) is 15.9 Å². The summed E-state index contributed by atoms with van der Waals surface area (Å²) < 4.78 is 1.09. The van der Waals surface area contributed by atoms with Crippen LogP contribution < -0.4 is 11.1 Å². The van der Waals surface area contributed by atoms with Gasteiger partial charge in [0.1, 0.15) is 0 Å². The summed E-state index contributed by atoms with van der Waals surface area (Å²) in [6.07, 6.45) is 5.56. The zero-order chi connectivity index (χ0) is 11.1. The molecule has 2 saturated carbocycles. The second-order valence-electron chi connectivity index (χ2n) is 5.08. The van der Waals surface area contributed by atoms with Gasteiger partial charge in [0.25, 0.3) is 0 Å². The van der Waals surface area contributed by atoms with Gasteiger partial charge in [-0.2, -0.15) is 0 Å². The number of hydrogen-bond acceptors (Lipinski definition) is 2. The van der Waals surface area contributed by atoms with Crippen LogP contribution in [0.2, 0.25) is 0 Å². The SMILES string of the molecule is Nc1ccc(Br)cc1NC(C1CC1)C1CC1. The van der Waals surface area contributed by atoms with Crippen LogP contribution in [0.1, 0.15) is 25.7 Å². The minimum absolute atomic E-state index is 0.664. The maximum Gasteiger partial charge on any atom is 0.0587 e. The predicted molar refractivity (Wildman–Crippen MR) is 71.4 cm³/mol. The lowest BCUT2D eigenvalue weighted by molar-refractivity contribution is 0.568. The normalized spacial score (nSPS) is 20.1. The van der Waals surface area contributed by atoms with E-state index in [0.717, 1.165) is 27.7 Å². The summed E-state index contributed by atoms with van der Waals surface area (Å²) in [5, 5.41) is 3.66. The molecule has 3 heteroatoms. The van der Waals surface area contributed by atoms with E-state index < -0.39 is 0 Å². The Bertz CT molecular complexity index is 385. The fourth-order valence-corrected chi connectivity index (χ4v) is 2.73. The molecule has 3 rings (SSSR count). The molecule has 1 aromatic carbocycles. The summed E-state index contributed by atoms with van der Waals surface area (Å²) in [5.74, 6) is 1.79. The summed E-state index contributed by atoms with van der Waals surface area (Å²) in [7, 11) is 0. The third-order valence-corrected chi connectivity index (χ3v) is 4.09. The third-order valence-electron chi connectivity index (χ3n) is 3.60. The molecule has 0 heterocycles. The first kappa shape index (κ1) is 10.5. The standard InChI is InChI=1S/C13H17BrN2/c14-10-5-6-11(15)12(7-10)16-13(8-1-2-8)9-3-4-9/h5-9,13,16H,1-4,15H2. The Hall–Kier alpha value is -0.700. The molecule has 0 spiro atoms. The van der Waals surface area contributed by atoms with Crippen molar-refractivity contribution >= 4 is 27.3 Å². The van der Waals surface area contributed by atoms with Crippen molar-refractivity contribution in [3.05, 3.63) is 22.7 Å². The Morgan fingerprint density at radius 2 is 1.81 bits per heavy atom. The zero-order valence-corrected chi connectivity index (χ0v) is 10.8. The molecule has 0 amide bonds. The van der Waals surface area contributed by atoms with E-state index >= 15 is 0 Å². The molecule has 2 aliphatic carbocycles. The van der Waals surface area contributed by atoms with Crippen molar-refractivity contribution in [1.82, 2.24) is 0 Å². The molecule has 2 aliphatic rings. The van der Waals surface area contributed by atoms with Crippen LogP contribution in [0.5, 0.6) is 0 Å². The summed E-state index contributed by atoms with van der Waals surface area (Å²) >= 11 is 3.50. The maximum atomic E-state index is 6.00. The van der Waals surface area contributed by atoms with Crippen molar-refractivity contribution in [2.24, 2.45) is 11.8 Å². The number of benzene rings is 1. The summed E-state index contributed by atoms with van der Waals surface area (Å²) in [6.45, 7) is 0. The number of nitrogens with two attached hydrogens (primary N) is 1. The van der Waals surface area contributed by atoms with E-state index in [0.29, 0.717) is 6.04 Å². The van der Waals surface area contributed by atoms with Crippen molar-refractivity contribution < 1.29 is 0 Å². The number of halogens is 1. The molecule has 2 fully saturated rings. The highest BCUT2D eigenvalue weighted by Crippen LogP contribution is 2.46. The summed E-state index contributed by atoms with van der Waals surface area (Å²) in [4.78, 5) is 0. The second kappa shape index (κ2) is 3.95. The zero-order valence-electron chi connectivity index (χ0n) is 9.25. The monoisotopic (exact) mass is 280 g/mol. The fraction of sp³-hybridized carbons (Fsp3) is 0.538. The molecule has 0 aromatic heterocycles. The molecule has 0 saturated heterocycles. The van der Waals surface area contributed by atoms with Gasteiger partial charge in [-0.05, 0) is 55.7 Å². The van der Waals surface area contributed by atoms with Crippen molar-refractivity contribution in [3.8, 4) is 0 Å². The number of anilines is 2. The average Bonchev–Trinajstić information content (AvgIpc) is 3.13. The van der Waals surface area contributed by atoms with Crippen molar-refractivity contribution in [3.63, 3.8) is 0 Å². The second-order valence-corrected chi connectivity index (χ2v) is 5.99. The Balaban J connectivity index is 1.78. The molecule has 86 valence electrons. The molecule has 0 unspecified atom stereocenters. The van der Waals surface area contributed by atoms with Gasteiger partial charge in [0.2, 0.25) is 0 Å². The van der Waals surface area contributed by atoms with Gasteiger partial charge in [0.05, 0.1) is 11.4 Å². The van der Waals surface area contributed by atoms with E-state index in [1.54, 1.807) is 0 Å². The number of nitrogen functional groups attached to an aromatic ring is 1. The number of hydrogen-bond donors (Lipinski definition) is 2. The quantitative estimate of drug-likeness (QED) is 0.827.